The number of aryl methyl sites for hydroxylation is 3. The molecule has 1 aliphatic rings. The predicted molar refractivity (Wildman–Crippen MR) is 114 cm³/mol. The van der Waals surface area contributed by atoms with Gasteiger partial charge < -0.3 is 4.74 Å². The Morgan fingerprint density at radius 3 is 2.60 bits per heavy atom. The largest absolute Gasteiger partial charge is 0.449 e. The van der Waals surface area contributed by atoms with Crippen molar-refractivity contribution in [3.05, 3.63) is 75.2 Å². The molecule has 0 amide bonds. The minimum absolute atomic E-state index is 0.0484. The van der Waals surface area contributed by atoms with E-state index in [1.165, 1.54) is 15.8 Å². The highest BCUT2D eigenvalue weighted by molar-refractivity contribution is 6.05. The lowest BCUT2D eigenvalue weighted by Gasteiger charge is -2.14. The van der Waals surface area contributed by atoms with Crippen LogP contribution in [0.25, 0.3) is 10.8 Å². The fourth-order valence-corrected chi connectivity index (χ4v) is 3.98. The van der Waals surface area contributed by atoms with Gasteiger partial charge in [-0.05, 0) is 55.9 Å². The first-order valence-corrected chi connectivity index (χ1v) is 10.4. The van der Waals surface area contributed by atoms with Crippen LogP contribution in [0.2, 0.25) is 0 Å². The van der Waals surface area contributed by atoms with Gasteiger partial charge in [-0.3, -0.25) is 9.59 Å². The Bertz CT molecular complexity index is 1200. The first kappa shape index (κ1) is 20.0. The first-order valence-electron chi connectivity index (χ1n) is 10.4. The van der Waals surface area contributed by atoms with Crippen molar-refractivity contribution >= 4 is 22.5 Å². The minimum Gasteiger partial charge on any atom is -0.449 e. The number of ether oxygens (including phenoxy) is 1. The van der Waals surface area contributed by atoms with Gasteiger partial charge in [-0.2, -0.15) is 5.10 Å². The topological polar surface area (TPSA) is 78.3 Å². The Morgan fingerprint density at radius 2 is 1.83 bits per heavy atom. The number of aromatic nitrogens is 2. The fourth-order valence-electron chi connectivity index (χ4n) is 3.98. The molecule has 3 aromatic rings. The van der Waals surface area contributed by atoms with Gasteiger partial charge in [0, 0.05) is 17.5 Å². The van der Waals surface area contributed by atoms with Gasteiger partial charge in [0.25, 0.3) is 5.56 Å². The third kappa shape index (κ3) is 3.65. The van der Waals surface area contributed by atoms with Gasteiger partial charge in [0.2, 0.25) is 5.78 Å². The van der Waals surface area contributed by atoms with Gasteiger partial charge in [-0.1, -0.05) is 37.3 Å². The summed E-state index contributed by atoms with van der Waals surface area (Å²) in [5, 5.41) is 5.08. The maximum atomic E-state index is 12.9. The summed E-state index contributed by atoms with van der Waals surface area (Å²) in [6, 6.07) is 12.5. The molecule has 1 aromatic heterocycles. The Kier molecular flexibility index (Phi) is 5.48. The lowest BCUT2D eigenvalue weighted by molar-refractivity contribution is 0.0313. The molecular weight excluding hydrogens is 380 g/mol. The van der Waals surface area contributed by atoms with Crippen molar-refractivity contribution in [3.63, 3.8) is 0 Å². The van der Waals surface area contributed by atoms with Crippen molar-refractivity contribution in [2.45, 2.75) is 52.2 Å². The van der Waals surface area contributed by atoms with Crippen molar-refractivity contribution in [1.29, 1.82) is 0 Å². The molecular formula is C24H24N2O4. The highest BCUT2D eigenvalue weighted by Gasteiger charge is 2.25. The standard InChI is InChI=1S/C24H24N2O4/c1-3-13-26-23(28)20-10-5-4-9-19(20)21(25-26)24(29)30-15(2)22(27)18-12-11-16-7-6-8-17(16)14-18/h4-5,9-12,14-15H,3,6-8,13H2,1-2H3. The first-order chi connectivity index (χ1) is 14.5. The van der Waals surface area contributed by atoms with E-state index in [2.05, 4.69) is 5.10 Å². The summed E-state index contributed by atoms with van der Waals surface area (Å²) in [4.78, 5) is 38.3. The molecule has 6 nitrogen and oxygen atoms in total. The summed E-state index contributed by atoms with van der Waals surface area (Å²) in [6.45, 7) is 3.89. The van der Waals surface area contributed by atoms with Gasteiger partial charge in [-0.25, -0.2) is 9.48 Å². The van der Waals surface area contributed by atoms with Gasteiger partial charge in [0.05, 0.1) is 5.39 Å². The number of carbonyl (C=O) groups excluding carboxylic acids is 2. The summed E-state index contributed by atoms with van der Waals surface area (Å²) in [5.74, 6) is -0.956. The fraction of sp³-hybridized carbons (Fsp3) is 0.333. The number of Topliss-reactive ketones (excluding diaryl/α,β-unsaturated/α-hetero) is 1. The molecule has 1 aliphatic carbocycles. The second-order valence-corrected chi connectivity index (χ2v) is 7.67. The second-order valence-electron chi connectivity index (χ2n) is 7.67. The van der Waals surface area contributed by atoms with Crippen LogP contribution in [-0.2, 0) is 24.1 Å². The molecule has 0 fully saturated rings. The lowest BCUT2D eigenvalue weighted by atomic mass is 10.0. The SMILES string of the molecule is CCCn1nc(C(=O)OC(C)C(=O)c2ccc3c(c2)CCC3)c2ccccc2c1=O. The summed E-state index contributed by atoms with van der Waals surface area (Å²) in [6.07, 6.45) is 2.86. The van der Waals surface area contributed by atoms with E-state index in [-0.39, 0.29) is 17.0 Å². The zero-order valence-electron chi connectivity index (χ0n) is 17.2. The van der Waals surface area contributed by atoms with E-state index in [4.69, 9.17) is 4.74 Å². The normalized spacial score (nSPS) is 13.8. The maximum absolute atomic E-state index is 12.9. The number of benzene rings is 2. The lowest BCUT2D eigenvalue weighted by Crippen LogP contribution is -2.29. The molecule has 0 radical (unpaired) electrons. The molecule has 0 spiro atoms. The number of ketones is 1. The summed E-state index contributed by atoms with van der Waals surface area (Å²) < 4.78 is 6.77. The Morgan fingerprint density at radius 1 is 1.10 bits per heavy atom. The Balaban J connectivity index is 1.62. The van der Waals surface area contributed by atoms with E-state index in [1.807, 2.05) is 19.1 Å². The van der Waals surface area contributed by atoms with Crippen molar-refractivity contribution in [3.8, 4) is 0 Å². The van der Waals surface area contributed by atoms with Crippen LogP contribution in [0.4, 0.5) is 0 Å². The summed E-state index contributed by atoms with van der Waals surface area (Å²) >= 11 is 0. The molecule has 4 rings (SSSR count). The quantitative estimate of drug-likeness (QED) is 0.462. The van der Waals surface area contributed by atoms with E-state index in [0.717, 1.165) is 19.3 Å². The Hall–Kier alpha value is -3.28. The second kappa shape index (κ2) is 8.22. The number of hydrogen-bond donors (Lipinski definition) is 0. The number of esters is 1. The molecule has 0 bridgehead atoms. The molecule has 0 aliphatic heterocycles. The third-order valence-corrected chi connectivity index (χ3v) is 5.53. The van der Waals surface area contributed by atoms with Crippen LogP contribution in [0.15, 0.2) is 47.3 Å². The van der Waals surface area contributed by atoms with Gasteiger partial charge in [0.1, 0.15) is 0 Å². The van der Waals surface area contributed by atoms with Crippen molar-refractivity contribution < 1.29 is 14.3 Å². The highest BCUT2D eigenvalue weighted by Crippen LogP contribution is 2.24. The zero-order valence-corrected chi connectivity index (χ0v) is 17.2. The number of rotatable bonds is 6. The van der Waals surface area contributed by atoms with Crippen molar-refractivity contribution in [1.82, 2.24) is 9.78 Å². The maximum Gasteiger partial charge on any atom is 0.360 e. The Labute approximate surface area is 174 Å². The van der Waals surface area contributed by atoms with Gasteiger partial charge in [0.15, 0.2) is 11.8 Å². The molecule has 2 aromatic carbocycles. The molecule has 0 saturated heterocycles. The molecule has 154 valence electrons. The van der Waals surface area contributed by atoms with E-state index in [1.54, 1.807) is 37.3 Å². The van der Waals surface area contributed by atoms with Crippen LogP contribution in [0.5, 0.6) is 0 Å². The van der Waals surface area contributed by atoms with E-state index >= 15 is 0 Å². The van der Waals surface area contributed by atoms with Crippen LogP contribution in [-0.4, -0.2) is 27.6 Å². The molecule has 1 heterocycles. The average Bonchev–Trinajstić information content (AvgIpc) is 3.23. The van der Waals surface area contributed by atoms with Crippen LogP contribution < -0.4 is 5.56 Å². The van der Waals surface area contributed by atoms with Crippen molar-refractivity contribution in [2.24, 2.45) is 0 Å². The molecule has 1 unspecified atom stereocenters. The zero-order chi connectivity index (χ0) is 21.3. The highest BCUT2D eigenvalue weighted by atomic mass is 16.5. The van der Waals surface area contributed by atoms with Crippen LogP contribution in [0, 0.1) is 0 Å². The number of carbonyl (C=O) groups is 2. The van der Waals surface area contributed by atoms with E-state index in [9.17, 15) is 14.4 Å². The summed E-state index contributed by atoms with van der Waals surface area (Å²) in [5.41, 5.74) is 2.83. The average molecular weight is 404 g/mol. The van der Waals surface area contributed by atoms with E-state index < -0.39 is 12.1 Å². The monoisotopic (exact) mass is 404 g/mol. The third-order valence-electron chi connectivity index (χ3n) is 5.53. The number of nitrogens with zero attached hydrogens (tertiary/aromatic N) is 2. The molecule has 6 heteroatoms. The van der Waals surface area contributed by atoms with E-state index in [0.29, 0.717) is 29.3 Å². The molecule has 1 atom stereocenters. The number of fused-ring (bicyclic) bond motifs is 2. The van der Waals surface area contributed by atoms with Crippen LogP contribution >= 0.6 is 0 Å². The van der Waals surface area contributed by atoms with Gasteiger partial charge >= 0.3 is 5.97 Å². The summed E-state index contributed by atoms with van der Waals surface area (Å²) in [7, 11) is 0. The smallest absolute Gasteiger partial charge is 0.360 e. The van der Waals surface area contributed by atoms with Crippen LogP contribution in [0.3, 0.4) is 0 Å². The molecule has 0 N–H and O–H groups in total. The molecule has 30 heavy (non-hydrogen) atoms. The minimum atomic E-state index is -0.955. The van der Waals surface area contributed by atoms with Crippen LogP contribution in [0.1, 0.15) is 58.7 Å². The van der Waals surface area contributed by atoms with Gasteiger partial charge in [-0.15, -0.1) is 0 Å². The predicted octanol–water partition coefficient (Wildman–Crippen LogP) is 3.72. The molecule has 0 saturated carbocycles. The number of hydrogen-bond acceptors (Lipinski definition) is 5. The van der Waals surface area contributed by atoms with Crippen molar-refractivity contribution in [2.75, 3.05) is 0 Å².